The van der Waals surface area contributed by atoms with E-state index in [1.807, 2.05) is 0 Å². The SMILES string of the molecule is COCCNC(=O)CNC(=O)N1CCOCC1CC(=O)O. The Morgan fingerprint density at radius 1 is 1.38 bits per heavy atom. The summed E-state index contributed by atoms with van der Waals surface area (Å²) in [5.74, 6) is -1.33. The number of ether oxygens (including phenoxy) is 2. The van der Waals surface area contributed by atoms with Crippen LogP contribution in [0.25, 0.3) is 0 Å². The maximum absolute atomic E-state index is 12.0. The Morgan fingerprint density at radius 3 is 2.81 bits per heavy atom. The second kappa shape index (κ2) is 9.14. The van der Waals surface area contributed by atoms with Crippen LogP contribution in [0.5, 0.6) is 0 Å². The lowest BCUT2D eigenvalue weighted by atomic mass is 10.1. The summed E-state index contributed by atoms with van der Waals surface area (Å²) in [5.41, 5.74) is 0. The quantitative estimate of drug-likeness (QED) is 0.500. The molecule has 3 N–H and O–H groups in total. The van der Waals surface area contributed by atoms with Crippen LogP contribution in [0.15, 0.2) is 0 Å². The average Bonchev–Trinajstić information content (AvgIpc) is 2.45. The summed E-state index contributed by atoms with van der Waals surface area (Å²) in [5, 5.41) is 13.9. The van der Waals surface area contributed by atoms with E-state index in [4.69, 9.17) is 14.6 Å². The number of morpholine rings is 1. The van der Waals surface area contributed by atoms with E-state index in [-0.39, 0.29) is 25.5 Å². The molecule has 0 saturated carbocycles. The molecule has 0 aromatic carbocycles. The number of nitrogens with zero attached hydrogens (tertiary/aromatic N) is 1. The number of hydrogen-bond donors (Lipinski definition) is 3. The Morgan fingerprint density at radius 2 is 2.14 bits per heavy atom. The third-order valence-electron chi connectivity index (χ3n) is 2.93. The van der Waals surface area contributed by atoms with Crippen LogP contribution in [0.3, 0.4) is 0 Å². The van der Waals surface area contributed by atoms with Gasteiger partial charge >= 0.3 is 12.0 Å². The zero-order valence-corrected chi connectivity index (χ0v) is 12.0. The summed E-state index contributed by atoms with van der Waals surface area (Å²) in [7, 11) is 1.52. The summed E-state index contributed by atoms with van der Waals surface area (Å²) in [4.78, 5) is 35.6. The number of hydrogen-bond acceptors (Lipinski definition) is 5. The minimum atomic E-state index is -0.999. The maximum Gasteiger partial charge on any atom is 0.318 e. The number of carbonyl (C=O) groups is 3. The van der Waals surface area contributed by atoms with Crippen molar-refractivity contribution in [3.63, 3.8) is 0 Å². The first-order chi connectivity index (χ1) is 10.0. The number of aliphatic carboxylic acids is 1. The Labute approximate surface area is 122 Å². The van der Waals surface area contributed by atoms with Gasteiger partial charge in [0.15, 0.2) is 0 Å². The first-order valence-electron chi connectivity index (χ1n) is 6.64. The first-order valence-corrected chi connectivity index (χ1v) is 6.64. The fourth-order valence-electron chi connectivity index (χ4n) is 1.91. The monoisotopic (exact) mass is 303 g/mol. The molecule has 1 aliphatic rings. The van der Waals surface area contributed by atoms with E-state index < -0.39 is 18.0 Å². The Kier molecular flexibility index (Phi) is 7.48. The highest BCUT2D eigenvalue weighted by molar-refractivity contribution is 5.84. The first kappa shape index (κ1) is 17.2. The summed E-state index contributed by atoms with van der Waals surface area (Å²) >= 11 is 0. The topological polar surface area (TPSA) is 117 Å². The molecule has 1 fully saturated rings. The van der Waals surface area contributed by atoms with Crippen LogP contribution in [-0.4, -0.2) is 80.5 Å². The zero-order valence-electron chi connectivity index (χ0n) is 12.0. The summed E-state index contributed by atoms with van der Waals surface area (Å²) < 4.78 is 9.96. The van der Waals surface area contributed by atoms with Gasteiger partial charge in [-0.1, -0.05) is 0 Å². The van der Waals surface area contributed by atoms with E-state index in [0.717, 1.165) is 0 Å². The smallest absolute Gasteiger partial charge is 0.318 e. The molecule has 120 valence electrons. The molecule has 1 atom stereocenters. The molecule has 1 heterocycles. The Bertz CT molecular complexity index is 376. The molecule has 0 bridgehead atoms. The van der Waals surface area contributed by atoms with Crippen molar-refractivity contribution in [1.29, 1.82) is 0 Å². The number of nitrogens with one attached hydrogen (secondary N) is 2. The Hall–Kier alpha value is -1.87. The van der Waals surface area contributed by atoms with E-state index in [0.29, 0.717) is 26.3 Å². The van der Waals surface area contributed by atoms with Crippen molar-refractivity contribution in [2.45, 2.75) is 12.5 Å². The fourth-order valence-corrected chi connectivity index (χ4v) is 1.91. The van der Waals surface area contributed by atoms with Gasteiger partial charge in [0.2, 0.25) is 5.91 Å². The average molecular weight is 303 g/mol. The molecule has 21 heavy (non-hydrogen) atoms. The van der Waals surface area contributed by atoms with Gasteiger partial charge in [0.1, 0.15) is 0 Å². The van der Waals surface area contributed by atoms with E-state index in [1.54, 1.807) is 0 Å². The van der Waals surface area contributed by atoms with Gasteiger partial charge in [0.05, 0.1) is 38.8 Å². The number of carbonyl (C=O) groups excluding carboxylic acids is 2. The molecule has 9 nitrogen and oxygen atoms in total. The van der Waals surface area contributed by atoms with Crippen molar-refractivity contribution in [1.82, 2.24) is 15.5 Å². The van der Waals surface area contributed by atoms with Crippen LogP contribution < -0.4 is 10.6 Å². The van der Waals surface area contributed by atoms with Gasteiger partial charge in [-0.25, -0.2) is 4.79 Å². The second-order valence-electron chi connectivity index (χ2n) is 4.52. The van der Waals surface area contributed by atoms with Gasteiger partial charge in [-0.3, -0.25) is 9.59 Å². The third kappa shape index (κ3) is 6.41. The predicted molar refractivity (Wildman–Crippen MR) is 71.9 cm³/mol. The van der Waals surface area contributed by atoms with Crippen molar-refractivity contribution in [2.75, 3.05) is 46.6 Å². The number of rotatable bonds is 7. The van der Waals surface area contributed by atoms with E-state index >= 15 is 0 Å². The molecule has 0 aromatic heterocycles. The van der Waals surface area contributed by atoms with Gasteiger partial charge in [-0.15, -0.1) is 0 Å². The second-order valence-corrected chi connectivity index (χ2v) is 4.52. The van der Waals surface area contributed by atoms with Crippen molar-refractivity contribution in [3.05, 3.63) is 0 Å². The highest BCUT2D eigenvalue weighted by atomic mass is 16.5. The molecule has 1 saturated heterocycles. The molecule has 0 radical (unpaired) electrons. The number of carboxylic acid groups (broad SMARTS) is 1. The number of methoxy groups -OCH3 is 1. The molecule has 0 aromatic rings. The molecule has 3 amide bonds. The van der Waals surface area contributed by atoms with E-state index in [1.165, 1.54) is 12.0 Å². The normalized spacial score (nSPS) is 18.1. The molecule has 0 aliphatic carbocycles. The van der Waals surface area contributed by atoms with Crippen LogP contribution in [0.4, 0.5) is 4.79 Å². The largest absolute Gasteiger partial charge is 0.481 e. The summed E-state index contributed by atoms with van der Waals surface area (Å²) in [6, 6.07) is -0.987. The maximum atomic E-state index is 12.0. The molecule has 1 unspecified atom stereocenters. The van der Waals surface area contributed by atoms with Gasteiger partial charge in [0, 0.05) is 20.2 Å². The number of urea groups is 1. The van der Waals surface area contributed by atoms with Crippen molar-refractivity contribution < 1.29 is 29.0 Å². The van der Waals surface area contributed by atoms with Gasteiger partial charge in [-0.2, -0.15) is 0 Å². The molecule has 1 aliphatic heterocycles. The lowest BCUT2D eigenvalue weighted by Gasteiger charge is -2.34. The number of amides is 3. The Balaban J connectivity index is 2.37. The third-order valence-corrected chi connectivity index (χ3v) is 2.93. The van der Waals surface area contributed by atoms with Crippen molar-refractivity contribution in [2.24, 2.45) is 0 Å². The molecule has 9 heteroatoms. The molecular weight excluding hydrogens is 282 g/mol. The highest BCUT2D eigenvalue weighted by Crippen LogP contribution is 2.10. The van der Waals surface area contributed by atoms with Crippen LogP contribution in [0.1, 0.15) is 6.42 Å². The van der Waals surface area contributed by atoms with E-state index in [2.05, 4.69) is 10.6 Å². The van der Waals surface area contributed by atoms with Gasteiger partial charge in [-0.05, 0) is 0 Å². The van der Waals surface area contributed by atoms with Crippen LogP contribution in [0.2, 0.25) is 0 Å². The van der Waals surface area contributed by atoms with Gasteiger partial charge in [0.25, 0.3) is 0 Å². The van der Waals surface area contributed by atoms with Crippen molar-refractivity contribution in [3.8, 4) is 0 Å². The predicted octanol–water partition coefficient (Wildman–Crippen LogP) is -1.37. The lowest BCUT2D eigenvalue weighted by molar-refractivity contribution is -0.139. The minimum Gasteiger partial charge on any atom is -0.481 e. The van der Waals surface area contributed by atoms with Crippen LogP contribution in [0, 0.1) is 0 Å². The van der Waals surface area contributed by atoms with Gasteiger partial charge < -0.3 is 30.1 Å². The summed E-state index contributed by atoms with van der Waals surface area (Å²) in [6.07, 6.45) is -0.187. The summed E-state index contributed by atoms with van der Waals surface area (Å²) in [6.45, 7) is 1.42. The van der Waals surface area contributed by atoms with Crippen LogP contribution >= 0.6 is 0 Å². The fraction of sp³-hybridized carbons (Fsp3) is 0.750. The van der Waals surface area contributed by atoms with Crippen molar-refractivity contribution >= 4 is 17.9 Å². The minimum absolute atomic E-state index is 0.167. The van der Waals surface area contributed by atoms with Crippen LogP contribution in [-0.2, 0) is 19.1 Å². The standard InChI is InChI=1S/C12H21N3O6/c1-20-4-2-13-10(16)7-14-12(19)15-3-5-21-8-9(15)6-11(17)18/h9H,2-8H2,1H3,(H,13,16)(H,14,19)(H,17,18). The van der Waals surface area contributed by atoms with E-state index in [9.17, 15) is 14.4 Å². The zero-order chi connectivity index (χ0) is 15.7. The lowest BCUT2D eigenvalue weighted by Crippen LogP contribution is -2.54. The molecule has 1 rings (SSSR count). The number of carboxylic acids is 1. The highest BCUT2D eigenvalue weighted by Gasteiger charge is 2.29. The molecule has 0 spiro atoms. The molecular formula is C12H21N3O6.